The molecule has 0 amide bonds. The second kappa shape index (κ2) is 8.77. The van der Waals surface area contributed by atoms with Gasteiger partial charge in [-0.1, -0.05) is 31.5 Å². The van der Waals surface area contributed by atoms with Crippen molar-refractivity contribution in [1.82, 2.24) is 4.90 Å². The van der Waals surface area contributed by atoms with Crippen LogP contribution in [0.25, 0.3) is 0 Å². The summed E-state index contributed by atoms with van der Waals surface area (Å²) in [4.78, 5) is 2.00. The van der Waals surface area contributed by atoms with Crippen molar-refractivity contribution in [3.05, 3.63) is 35.4 Å². The van der Waals surface area contributed by atoms with Crippen molar-refractivity contribution in [3.63, 3.8) is 0 Å². The summed E-state index contributed by atoms with van der Waals surface area (Å²) in [6.45, 7) is 6.75. The monoisotopic (exact) mass is 287 g/mol. The zero-order chi connectivity index (χ0) is 14.9. The summed E-state index contributed by atoms with van der Waals surface area (Å²) < 4.78 is 0. The van der Waals surface area contributed by atoms with Gasteiger partial charge in [0.25, 0.3) is 0 Å². The van der Waals surface area contributed by atoms with Crippen molar-refractivity contribution in [1.29, 1.82) is 0 Å². The fourth-order valence-corrected chi connectivity index (χ4v) is 1.85. The molecule has 1 aromatic rings. The predicted octanol–water partition coefficient (Wildman–Crippen LogP) is 1.77. The quantitative estimate of drug-likeness (QED) is 0.519. The summed E-state index contributed by atoms with van der Waals surface area (Å²) in [7, 11) is 5.68. The largest absolute Gasteiger partial charge is 0.312 e. The lowest BCUT2D eigenvalue weighted by molar-refractivity contribution is 0.505. The SMILES string of the molecule is CN(C)C.C[Si](C)(C)C#Cc1ccc(C#C[SiH3])cc1. The van der Waals surface area contributed by atoms with Crippen LogP contribution in [0.1, 0.15) is 11.1 Å². The first-order valence-corrected chi connectivity index (χ1v) is 10.9. The maximum Gasteiger partial charge on any atom is 0.129 e. The van der Waals surface area contributed by atoms with Gasteiger partial charge in [-0.2, -0.15) is 0 Å². The molecule has 0 heterocycles. The third-order valence-electron chi connectivity index (χ3n) is 1.74. The van der Waals surface area contributed by atoms with Crippen LogP contribution in [0.5, 0.6) is 0 Å². The Morgan fingerprint density at radius 3 is 1.58 bits per heavy atom. The van der Waals surface area contributed by atoms with Crippen molar-refractivity contribution in [2.75, 3.05) is 21.1 Å². The first-order chi connectivity index (χ1) is 8.74. The third-order valence-corrected chi connectivity index (χ3v) is 2.86. The van der Waals surface area contributed by atoms with E-state index in [1.54, 1.807) is 0 Å². The number of hydrogen-bond acceptors (Lipinski definition) is 1. The minimum Gasteiger partial charge on any atom is -0.312 e. The molecule has 0 atom stereocenters. The normalized spacial score (nSPS) is 9.63. The van der Waals surface area contributed by atoms with Crippen molar-refractivity contribution < 1.29 is 0 Å². The van der Waals surface area contributed by atoms with Crippen LogP contribution in [-0.4, -0.2) is 44.4 Å². The number of rotatable bonds is 0. The van der Waals surface area contributed by atoms with Crippen LogP contribution < -0.4 is 0 Å². The molecular weight excluding hydrogens is 262 g/mol. The molecule has 3 heteroatoms. The highest BCUT2D eigenvalue weighted by atomic mass is 28.3. The van der Waals surface area contributed by atoms with Crippen molar-refractivity contribution in [2.45, 2.75) is 19.6 Å². The van der Waals surface area contributed by atoms with Gasteiger partial charge in [0.15, 0.2) is 0 Å². The Morgan fingerprint density at radius 1 is 0.895 bits per heavy atom. The van der Waals surface area contributed by atoms with E-state index in [4.69, 9.17) is 0 Å². The first kappa shape index (κ1) is 17.7. The number of nitrogens with zero attached hydrogens (tertiary/aromatic N) is 1. The highest BCUT2D eigenvalue weighted by Gasteiger charge is 2.07. The van der Waals surface area contributed by atoms with Crippen LogP contribution in [0.2, 0.25) is 19.6 Å². The lowest BCUT2D eigenvalue weighted by Gasteiger charge is -2.03. The van der Waals surface area contributed by atoms with E-state index < -0.39 is 8.07 Å². The molecule has 1 nitrogen and oxygen atoms in total. The highest BCUT2D eigenvalue weighted by molar-refractivity contribution is 6.83. The van der Waals surface area contributed by atoms with E-state index in [-0.39, 0.29) is 0 Å². The van der Waals surface area contributed by atoms with Crippen LogP contribution >= 0.6 is 0 Å². The maximum absolute atomic E-state index is 3.35. The molecule has 19 heavy (non-hydrogen) atoms. The van der Waals surface area contributed by atoms with Crippen LogP contribution in [0.3, 0.4) is 0 Å². The molecule has 0 aliphatic heterocycles. The smallest absolute Gasteiger partial charge is 0.129 e. The topological polar surface area (TPSA) is 3.24 Å². The molecule has 0 saturated carbocycles. The van der Waals surface area contributed by atoms with E-state index in [0.29, 0.717) is 0 Å². The molecule has 0 spiro atoms. The fourth-order valence-electron chi connectivity index (χ4n) is 1.04. The Labute approximate surface area is 122 Å². The Morgan fingerprint density at radius 2 is 1.26 bits per heavy atom. The van der Waals surface area contributed by atoms with Crippen LogP contribution in [0.15, 0.2) is 24.3 Å². The summed E-state index contributed by atoms with van der Waals surface area (Å²) in [5, 5.41) is 0. The van der Waals surface area contributed by atoms with E-state index in [1.165, 1.54) is 0 Å². The van der Waals surface area contributed by atoms with Crippen molar-refractivity contribution >= 4 is 18.3 Å². The average Bonchev–Trinajstić information content (AvgIpc) is 2.27. The molecule has 0 radical (unpaired) electrons. The lowest BCUT2D eigenvalue weighted by atomic mass is 10.1. The van der Waals surface area contributed by atoms with E-state index in [0.717, 1.165) is 21.4 Å². The van der Waals surface area contributed by atoms with Gasteiger partial charge in [0.1, 0.15) is 8.07 Å². The Hall–Kier alpha value is -1.27. The van der Waals surface area contributed by atoms with Gasteiger partial charge in [-0.3, -0.25) is 0 Å². The predicted molar refractivity (Wildman–Crippen MR) is 93.1 cm³/mol. The summed E-state index contributed by atoms with van der Waals surface area (Å²) in [5.41, 5.74) is 8.55. The Kier molecular flexibility index (Phi) is 8.19. The Bertz CT molecular complexity index is 485. The molecule has 0 bridgehead atoms. The zero-order valence-corrected chi connectivity index (χ0v) is 16.3. The second-order valence-electron chi connectivity index (χ2n) is 5.79. The van der Waals surface area contributed by atoms with Gasteiger partial charge < -0.3 is 4.90 Å². The number of benzene rings is 1. The highest BCUT2D eigenvalue weighted by Crippen LogP contribution is 2.03. The summed E-state index contributed by atoms with van der Waals surface area (Å²) >= 11 is 0. The van der Waals surface area contributed by atoms with Gasteiger partial charge in [0.05, 0.1) is 10.2 Å². The van der Waals surface area contributed by atoms with Crippen LogP contribution in [0.4, 0.5) is 0 Å². The minimum absolute atomic E-state index is 0.934. The van der Waals surface area contributed by atoms with Gasteiger partial charge >= 0.3 is 0 Å². The number of hydrogen-bond donors (Lipinski definition) is 0. The van der Waals surface area contributed by atoms with Crippen LogP contribution in [-0.2, 0) is 0 Å². The molecular formula is C16H25NSi2. The zero-order valence-electron chi connectivity index (χ0n) is 13.3. The van der Waals surface area contributed by atoms with Crippen molar-refractivity contribution in [3.8, 4) is 22.9 Å². The van der Waals surface area contributed by atoms with Crippen molar-refractivity contribution in [2.24, 2.45) is 0 Å². The summed E-state index contributed by atoms with van der Waals surface area (Å²) in [6.07, 6.45) is 0. The van der Waals surface area contributed by atoms with Gasteiger partial charge in [0.2, 0.25) is 0 Å². The molecule has 1 rings (SSSR count). The molecule has 102 valence electrons. The maximum atomic E-state index is 3.35. The Balaban J connectivity index is 0.000000711. The second-order valence-corrected chi connectivity index (χ2v) is 11.0. The average molecular weight is 288 g/mol. The minimum atomic E-state index is -1.25. The molecule has 0 saturated heterocycles. The van der Waals surface area contributed by atoms with Gasteiger partial charge in [-0.25, -0.2) is 0 Å². The molecule has 0 fully saturated rings. The molecule has 0 unspecified atom stereocenters. The van der Waals surface area contributed by atoms with Crippen LogP contribution in [0, 0.1) is 22.9 Å². The standard InChI is InChI=1S/C13H16Si2.C3H9N/c1-15(2,3)11-9-13-6-4-12(5-7-13)8-10-14;1-4(2)3/h4-7H,1-3,14H3;1-3H3. The van der Waals surface area contributed by atoms with Gasteiger partial charge in [-0.05, 0) is 45.4 Å². The molecule has 0 aromatic heterocycles. The van der Waals surface area contributed by atoms with Gasteiger partial charge in [-0.15, -0.1) is 11.1 Å². The molecule has 0 aliphatic carbocycles. The lowest BCUT2D eigenvalue weighted by Crippen LogP contribution is -2.16. The molecule has 1 aromatic carbocycles. The first-order valence-electron chi connectivity index (χ1n) is 6.41. The van der Waals surface area contributed by atoms with E-state index in [2.05, 4.69) is 42.6 Å². The summed E-state index contributed by atoms with van der Waals surface area (Å²) in [5.74, 6) is 6.31. The van der Waals surface area contributed by atoms with E-state index in [1.807, 2.05) is 50.3 Å². The fraction of sp³-hybridized carbons (Fsp3) is 0.375. The molecule has 0 aliphatic rings. The third kappa shape index (κ3) is 11.6. The summed E-state index contributed by atoms with van der Waals surface area (Å²) in [6, 6.07) is 8.18. The molecule has 0 N–H and O–H groups in total. The van der Waals surface area contributed by atoms with E-state index >= 15 is 0 Å². The van der Waals surface area contributed by atoms with E-state index in [9.17, 15) is 0 Å². The van der Waals surface area contributed by atoms with Gasteiger partial charge in [0, 0.05) is 11.1 Å².